The van der Waals surface area contributed by atoms with E-state index in [2.05, 4.69) is 0 Å². The van der Waals surface area contributed by atoms with Crippen molar-refractivity contribution in [3.05, 3.63) is 40.9 Å². The molecule has 0 aliphatic rings. The van der Waals surface area contributed by atoms with Crippen LogP contribution in [-0.4, -0.2) is 12.9 Å². The Morgan fingerprint density at radius 1 is 1.50 bits per heavy atom. The van der Waals surface area contributed by atoms with Crippen LogP contribution < -0.4 is 4.74 Å². The molecule has 2 nitrogen and oxygen atoms in total. The summed E-state index contributed by atoms with van der Waals surface area (Å²) in [5.74, 6) is 0.593. The van der Waals surface area contributed by atoms with Crippen LogP contribution in [0.3, 0.4) is 0 Å². The first-order chi connectivity index (χ1) is 6.77. The van der Waals surface area contributed by atoms with Crippen LogP contribution in [0.1, 0.15) is 17.3 Å². The SMILES string of the molecule is CC=CCOc1ccc(C=O)cc1Cl. The summed E-state index contributed by atoms with van der Waals surface area (Å²) >= 11 is 5.88. The lowest BCUT2D eigenvalue weighted by atomic mass is 10.2. The number of allylic oxidation sites excluding steroid dienone is 1. The van der Waals surface area contributed by atoms with Gasteiger partial charge in [0.05, 0.1) is 5.02 Å². The van der Waals surface area contributed by atoms with Crippen LogP contribution in [-0.2, 0) is 0 Å². The zero-order valence-corrected chi connectivity index (χ0v) is 8.62. The van der Waals surface area contributed by atoms with E-state index in [9.17, 15) is 4.79 Å². The Morgan fingerprint density at radius 3 is 2.86 bits per heavy atom. The maximum absolute atomic E-state index is 10.4. The Balaban J connectivity index is 2.73. The fourth-order valence-corrected chi connectivity index (χ4v) is 1.19. The van der Waals surface area contributed by atoms with Crippen LogP contribution in [0.15, 0.2) is 30.4 Å². The molecule has 0 aliphatic heterocycles. The average molecular weight is 211 g/mol. The minimum atomic E-state index is 0.458. The van der Waals surface area contributed by atoms with Crippen molar-refractivity contribution in [1.29, 1.82) is 0 Å². The summed E-state index contributed by atoms with van der Waals surface area (Å²) in [5, 5.41) is 0.458. The largest absolute Gasteiger partial charge is 0.488 e. The molecule has 0 atom stereocenters. The van der Waals surface area contributed by atoms with Gasteiger partial charge in [-0.2, -0.15) is 0 Å². The number of rotatable bonds is 4. The third-order valence-electron chi connectivity index (χ3n) is 1.66. The van der Waals surface area contributed by atoms with Crippen LogP contribution in [0, 0.1) is 0 Å². The number of carbonyl (C=O) groups is 1. The highest BCUT2D eigenvalue weighted by atomic mass is 35.5. The number of ether oxygens (including phenoxy) is 1. The van der Waals surface area contributed by atoms with Gasteiger partial charge >= 0.3 is 0 Å². The number of hydrogen-bond acceptors (Lipinski definition) is 2. The molecule has 14 heavy (non-hydrogen) atoms. The van der Waals surface area contributed by atoms with Gasteiger partial charge in [0.15, 0.2) is 0 Å². The second kappa shape index (κ2) is 5.45. The molecule has 0 aromatic heterocycles. The van der Waals surface area contributed by atoms with Crippen molar-refractivity contribution in [2.75, 3.05) is 6.61 Å². The van der Waals surface area contributed by atoms with Crippen LogP contribution in [0.25, 0.3) is 0 Å². The summed E-state index contributed by atoms with van der Waals surface area (Å²) < 4.78 is 5.34. The van der Waals surface area contributed by atoms with E-state index in [0.717, 1.165) is 6.29 Å². The first-order valence-electron chi connectivity index (χ1n) is 4.26. The molecule has 3 heteroatoms. The molecule has 0 bridgehead atoms. The summed E-state index contributed by atoms with van der Waals surface area (Å²) in [6.45, 7) is 2.40. The zero-order chi connectivity index (χ0) is 10.4. The summed E-state index contributed by atoms with van der Waals surface area (Å²) in [4.78, 5) is 10.4. The number of hydrogen-bond donors (Lipinski definition) is 0. The predicted octanol–water partition coefficient (Wildman–Crippen LogP) is 3.11. The van der Waals surface area contributed by atoms with E-state index in [-0.39, 0.29) is 0 Å². The number of aldehydes is 1. The number of benzene rings is 1. The maximum atomic E-state index is 10.4. The van der Waals surface area contributed by atoms with Crippen molar-refractivity contribution in [1.82, 2.24) is 0 Å². The second-order valence-electron chi connectivity index (χ2n) is 2.69. The van der Waals surface area contributed by atoms with Gasteiger partial charge in [-0.15, -0.1) is 0 Å². The first kappa shape index (κ1) is 10.8. The van der Waals surface area contributed by atoms with Crippen molar-refractivity contribution in [2.45, 2.75) is 6.92 Å². The third-order valence-corrected chi connectivity index (χ3v) is 1.96. The molecule has 0 heterocycles. The van der Waals surface area contributed by atoms with E-state index in [1.54, 1.807) is 18.2 Å². The Kier molecular flexibility index (Phi) is 4.20. The predicted molar refractivity (Wildman–Crippen MR) is 57.1 cm³/mol. The monoisotopic (exact) mass is 210 g/mol. The summed E-state index contributed by atoms with van der Waals surface area (Å²) in [7, 11) is 0. The molecular formula is C11H11ClO2. The molecule has 1 aromatic carbocycles. The fraction of sp³-hybridized carbons (Fsp3) is 0.182. The molecular weight excluding hydrogens is 200 g/mol. The average Bonchev–Trinajstić information content (AvgIpc) is 2.20. The topological polar surface area (TPSA) is 26.3 Å². The van der Waals surface area contributed by atoms with Crippen molar-refractivity contribution >= 4 is 17.9 Å². The van der Waals surface area contributed by atoms with Gasteiger partial charge in [-0.3, -0.25) is 4.79 Å². The molecule has 1 aromatic rings. The van der Waals surface area contributed by atoms with Crippen LogP contribution >= 0.6 is 11.6 Å². The normalized spacial score (nSPS) is 10.4. The quantitative estimate of drug-likeness (QED) is 0.564. The van der Waals surface area contributed by atoms with Crippen molar-refractivity contribution < 1.29 is 9.53 Å². The van der Waals surface area contributed by atoms with E-state index in [4.69, 9.17) is 16.3 Å². The highest BCUT2D eigenvalue weighted by molar-refractivity contribution is 6.32. The van der Waals surface area contributed by atoms with E-state index in [1.807, 2.05) is 19.1 Å². The Labute approximate surface area is 88.1 Å². The lowest BCUT2D eigenvalue weighted by Crippen LogP contribution is -1.94. The smallest absolute Gasteiger partial charge is 0.150 e. The highest BCUT2D eigenvalue weighted by Gasteiger charge is 2.01. The van der Waals surface area contributed by atoms with Gasteiger partial charge in [-0.05, 0) is 25.1 Å². The van der Waals surface area contributed by atoms with Crippen LogP contribution in [0.4, 0.5) is 0 Å². The lowest BCUT2D eigenvalue weighted by molar-refractivity contribution is 0.112. The molecule has 0 aliphatic carbocycles. The molecule has 0 N–H and O–H groups in total. The van der Waals surface area contributed by atoms with Gasteiger partial charge in [-0.1, -0.05) is 23.8 Å². The molecule has 1 rings (SSSR count). The summed E-state index contributed by atoms with van der Waals surface area (Å²) in [6.07, 6.45) is 4.53. The lowest BCUT2D eigenvalue weighted by Gasteiger charge is -2.05. The van der Waals surface area contributed by atoms with Gasteiger partial charge in [0, 0.05) is 5.56 Å². The van der Waals surface area contributed by atoms with E-state index >= 15 is 0 Å². The zero-order valence-electron chi connectivity index (χ0n) is 7.87. The van der Waals surface area contributed by atoms with E-state index in [1.165, 1.54) is 0 Å². The molecule has 0 unspecified atom stereocenters. The first-order valence-corrected chi connectivity index (χ1v) is 4.64. The highest BCUT2D eigenvalue weighted by Crippen LogP contribution is 2.24. The van der Waals surface area contributed by atoms with Gasteiger partial charge in [0.1, 0.15) is 18.6 Å². The van der Waals surface area contributed by atoms with E-state index in [0.29, 0.717) is 22.9 Å². The van der Waals surface area contributed by atoms with Crippen molar-refractivity contribution in [2.24, 2.45) is 0 Å². The third kappa shape index (κ3) is 2.89. The molecule has 0 radical (unpaired) electrons. The number of halogens is 1. The van der Waals surface area contributed by atoms with Gasteiger partial charge in [-0.25, -0.2) is 0 Å². The molecule has 74 valence electrons. The van der Waals surface area contributed by atoms with Crippen molar-refractivity contribution in [3.63, 3.8) is 0 Å². The maximum Gasteiger partial charge on any atom is 0.150 e. The molecule has 0 spiro atoms. The second-order valence-corrected chi connectivity index (χ2v) is 3.09. The minimum absolute atomic E-state index is 0.458. The van der Waals surface area contributed by atoms with Crippen molar-refractivity contribution in [3.8, 4) is 5.75 Å². The van der Waals surface area contributed by atoms with E-state index < -0.39 is 0 Å². The number of carbonyl (C=O) groups excluding carboxylic acids is 1. The molecule has 0 saturated carbocycles. The Hall–Kier alpha value is -1.28. The van der Waals surface area contributed by atoms with Gasteiger partial charge in [0.25, 0.3) is 0 Å². The molecule has 0 fully saturated rings. The molecule has 0 saturated heterocycles. The Morgan fingerprint density at radius 2 is 2.29 bits per heavy atom. The standard InChI is InChI=1S/C11H11ClO2/c1-2-3-6-14-11-5-4-9(8-13)7-10(11)12/h2-5,7-8H,6H2,1H3. The summed E-state index contributed by atoms with van der Waals surface area (Å²) in [5.41, 5.74) is 0.549. The van der Waals surface area contributed by atoms with Gasteiger partial charge in [0.2, 0.25) is 0 Å². The fourth-order valence-electron chi connectivity index (χ4n) is 0.942. The summed E-state index contributed by atoms with van der Waals surface area (Å²) in [6, 6.07) is 4.94. The minimum Gasteiger partial charge on any atom is -0.488 e. The van der Waals surface area contributed by atoms with Gasteiger partial charge < -0.3 is 4.74 Å². The Bertz CT molecular complexity index is 345. The molecule has 0 amide bonds. The van der Waals surface area contributed by atoms with Crippen LogP contribution in [0.5, 0.6) is 5.75 Å². The van der Waals surface area contributed by atoms with Crippen LogP contribution in [0.2, 0.25) is 5.02 Å².